The Bertz CT molecular complexity index is 352. The monoisotopic (exact) mass is 173 g/mol. The molecule has 1 aromatic heterocycles. The molecule has 13 heavy (non-hydrogen) atoms. The van der Waals surface area contributed by atoms with Gasteiger partial charge in [-0.3, -0.25) is 4.98 Å². The Morgan fingerprint density at radius 3 is 3.08 bits per heavy atom. The van der Waals surface area contributed by atoms with E-state index in [0.29, 0.717) is 5.56 Å². The van der Waals surface area contributed by atoms with Crippen molar-refractivity contribution in [3.8, 4) is 6.07 Å². The van der Waals surface area contributed by atoms with E-state index in [1.807, 2.05) is 6.07 Å². The van der Waals surface area contributed by atoms with Crippen LogP contribution in [0.3, 0.4) is 0 Å². The van der Waals surface area contributed by atoms with Crippen molar-refractivity contribution in [1.82, 2.24) is 10.3 Å². The van der Waals surface area contributed by atoms with Gasteiger partial charge in [0.05, 0.1) is 5.56 Å². The largest absolute Gasteiger partial charge is 0.316 e. The maximum Gasteiger partial charge on any atom is 0.101 e. The average Bonchev–Trinajstić information content (AvgIpc) is 2.41. The first-order chi connectivity index (χ1) is 6.40. The molecule has 0 amide bonds. The van der Waals surface area contributed by atoms with Crippen molar-refractivity contribution in [2.24, 2.45) is 0 Å². The first-order valence-electron chi connectivity index (χ1n) is 4.49. The van der Waals surface area contributed by atoms with E-state index >= 15 is 0 Å². The molecule has 0 radical (unpaired) electrons. The summed E-state index contributed by atoms with van der Waals surface area (Å²) in [4.78, 5) is 4.29. The van der Waals surface area contributed by atoms with E-state index in [-0.39, 0.29) is 0 Å². The van der Waals surface area contributed by atoms with Gasteiger partial charge in [0.1, 0.15) is 6.07 Å². The van der Waals surface area contributed by atoms with Gasteiger partial charge in [-0.05, 0) is 24.6 Å². The summed E-state index contributed by atoms with van der Waals surface area (Å²) in [5.74, 6) is 0. The number of fused-ring (bicyclic) bond motifs is 1. The van der Waals surface area contributed by atoms with Crippen LogP contribution < -0.4 is 5.32 Å². The molecule has 0 unspecified atom stereocenters. The molecule has 1 aromatic rings. The van der Waals surface area contributed by atoms with Crippen LogP contribution in [0.5, 0.6) is 0 Å². The fourth-order valence-corrected chi connectivity index (χ4v) is 1.60. The van der Waals surface area contributed by atoms with Gasteiger partial charge in [-0.15, -0.1) is 0 Å². The summed E-state index contributed by atoms with van der Waals surface area (Å²) in [7, 11) is 0. The van der Waals surface area contributed by atoms with Crippen LogP contribution in [0.15, 0.2) is 12.3 Å². The Labute approximate surface area is 77.4 Å². The molecule has 1 aliphatic rings. The fraction of sp³-hybridized carbons (Fsp3) is 0.400. The second kappa shape index (κ2) is 3.55. The van der Waals surface area contributed by atoms with E-state index in [9.17, 15) is 0 Å². The van der Waals surface area contributed by atoms with E-state index in [4.69, 9.17) is 5.26 Å². The minimum Gasteiger partial charge on any atom is -0.316 e. The molecule has 3 heteroatoms. The molecule has 0 saturated carbocycles. The Balaban J connectivity index is 2.39. The summed E-state index contributed by atoms with van der Waals surface area (Å²) in [6.07, 6.45) is 3.61. The predicted octanol–water partition coefficient (Wildman–Crippen LogP) is 0.641. The summed E-state index contributed by atoms with van der Waals surface area (Å²) >= 11 is 0. The molecular formula is C10H11N3. The highest BCUT2D eigenvalue weighted by atomic mass is 14.9. The number of nitriles is 1. The lowest BCUT2D eigenvalue weighted by atomic mass is 10.1. The molecule has 0 spiro atoms. The van der Waals surface area contributed by atoms with Crippen molar-refractivity contribution < 1.29 is 0 Å². The number of hydrogen-bond acceptors (Lipinski definition) is 3. The highest BCUT2D eigenvalue weighted by molar-refractivity contribution is 5.33. The van der Waals surface area contributed by atoms with Crippen LogP contribution in [0.1, 0.15) is 16.8 Å². The van der Waals surface area contributed by atoms with E-state index in [1.165, 1.54) is 5.56 Å². The van der Waals surface area contributed by atoms with Crippen LogP contribution in [0, 0.1) is 11.3 Å². The quantitative estimate of drug-likeness (QED) is 0.626. The first kappa shape index (κ1) is 8.21. The number of hydrogen-bond donors (Lipinski definition) is 1. The van der Waals surface area contributed by atoms with Gasteiger partial charge in [0, 0.05) is 24.9 Å². The predicted molar refractivity (Wildman–Crippen MR) is 49.2 cm³/mol. The molecule has 0 atom stereocenters. The van der Waals surface area contributed by atoms with E-state index < -0.39 is 0 Å². The van der Waals surface area contributed by atoms with Crippen LogP contribution in [0.2, 0.25) is 0 Å². The molecule has 0 aliphatic carbocycles. The molecule has 0 aromatic carbocycles. The van der Waals surface area contributed by atoms with Gasteiger partial charge in [0.2, 0.25) is 0 Å². The second-order valence-electron chi connectivity index (χ2n) is 3.19. The number of nitrogens with one attached hydrogen (secondary N) is 1. The number of aromatic nitrogens is 1. The summed E-state index contributed by atoms with van der Waals surface area (Å²) in [5.41, 5.74) is 3.04. The van der Waals surface area contributed by atoms with Gasteiger partial charge in [-0.25, -0.2) is 0 Å². The number of rotatable bonds is 0. The van der Waals surface area contributed by atoms with Gasteiger partial charge in [0.25, 0.3) is 0 Å². The second-order valence-corrected chi connectivity index (χ2v) is 3.19. The third-order valence-electron chi connectivity index (χ3n) is 2.30. The van der Waals surface area contributed by atoms with Gasteiger partial charge < -0.3 is 5.32 Å². The van der Waals surface area contributed by atoms with Crippen molar-refractivity contribution in [3.63, 3.8) is 0 Å². The molecule has 1 N–H and O–H groups in total. The number of pyridine rings is 1. The minimum absolute atomic E-state index is 0.667. The van der Waals surface area contributed by atoms with E-state index in [1.54, 1.807) is 6.20 Å². The molecule has 2 rings (SSSR count). The van der Waals surface area contributed by atoms with Gasteiger partial charge in [0.15, 0.2) is 0 Å². The molecule has 3 nitrogen and oxygen atoms in total. The lowest BCUT2D eigenvalue weighted by Crippen LogP contribution is -2.16. The molecular weight excluding hydrogens is 162 g/mol. The SMILES string of the molecule is N#Cc1cnc2c(c1)CCNCC2. The Morgan fingerprint density at radius 1 is 1.38 bits per heavy atom. The minimum atomic E-state index is 0.667. The summed E-state index contributed by atoms with van der Waals surface area (Å²) < 4.78 is 0. The smallest absolute Gasteiger partial charge is 0.101 e. The third-order valence-corrected chi connectivity index (χ3v) is 2.30. The average molecular weight is 173 g/mol. The zero-order valence-electron chi connectivity index (χ0n) is 7.38. The van der Waals surface area contributed by atoms with Crippen molar-refractivity contribution in [2.45, 2.75) is 12.8 Å². The number of nitrogens with zero attached hydrogens (tertiary/aromatic N) is 2. The lowest BCUT2D eigenvalue weighted by molar-refractivity contribution is 0.708. The van der Waals surface area contributed by atoms with Crippen LogP contribution >= 0.6 is 0 Å². The standard InChI is InChI=1S/C10H11N3/c11-6-8-5-9-1-3-12-4-2-10(9)13-7-8/h5,7,12H,1-4H2. The maximum absolute atomic E-state index is 8.70. The third kappa shape index (κ3) is 1.68. The zero-order valence-corrected chi connectivity index (χ0v) is 7.38. The van der Waals surface area contributed by atoms with Crippen LogP contribution in [-0.4, -0.2) is 18.1 Å². The van der Waals surface area contributed by atoms with Crippen molar-refractivity contribution in [2.75, 3.05) is 13.1 Å². The zero-order chi connectivity index (χ0) is 9.10. The molecule has 1 aliphatic heterocycles. The molecule has 0 saturated heterocycles. The van der Waals surface area contributed by atoms with Crippen LogP contribution in [0.25, 0.3) is 0 Å². The van der Waals surface area contributed by atoms with Crippen molar-refractivity contribution in [3.05, 3.63) is 29.1 Å². The lowest BCUT2D eigenvalue weighted by Gasteiger charge is -2.02. The van der Waals surface area contributed by atoms with E-state index in [2.05, 4.69) is 16.4 Å². The summed E-state index contributed by atoms with van der Waals surface area (Å²) in [5, 5.41) is 12.0. The summed E-state index contributed by atoms with van der Waals surface area (Å²) in [6, 6.07) is 4.07. The fourth-order valence-electron chi connectivity index (χ4n) is 1.60. The highest BCUT2D eigenvalue weighted by Gasteiger charge is 2.08. The molecule has 0 fully saturated rings. The van der Waals surface area contributed by atoms with Gasteiger partial charge >= 0.3 is 0 Å². The molecule has 2 heterocycles. The Kier molecular flexibility index (Phi) is 2.24. The summed E-state index contributed by atoms with van der Waals surface area (Å²) in [6.45, 7) is 1.98. The maximum atomic E-state index is 8.70. The molecule has 0 bridgehead atoms. The van der Waals surface area contributed by atoms with E-state index in [0.717, 1.165) is 31.6 Å². The van der Waals surface area contributed by atoms with Crippen molar-refractivity contribution >= 4 is 0 Å². The van der Waals surface area contributed by atoms with Crippen molar-refractivity contribution in [1.29, 1.82) is 5.26 Å². The highest BCUT2D eigenvalue weighted by Crippen LogP contribution is 2.11. The Hall–Kier alpha value is -1.40. The van der Waals surface area contributed by atoms with Crippen LogP contribution in [-0.2, 0) is 12.8 Å². The van der Waals surface area contributed by atoms with Gasteiger partial charge in [-0.1, -0.05) is 0 Å². The topological polar surface area (TPSA) is 48.7 Å². The first-order valence-corrected chi connectivity index (χ1v) is 4.49. The molecule has 66 valence electrons. The normalized spacial score (nSPS) is 15.6. The Morgan fingerprint density at radius 2 is 2.23 bits per heavy atom. The van der Waals surface area contributed by atoms with Gasteiger partial charge in [-0.2, -0.15) is 5.26 Å². The van der Waals surface area contributed by atoms with Crippen LogP contribution in [0.4, 0.5) is 0 Å².